The minimum Gasteiger partial charge on any atom is -0.616 e. The molecule has 3 aromatic rings. The van der Waals surface area contributed by atoms with Gasteiger partial charge in [-0.25, -0.2) is 4.98 Å². The second-order valence-electron chi connectivity index (χ2n) is 5.59. The van der Waals surface area contributed by atoms with E-state index in [0.717, 1.165) is 15.7 Å². The predicted octanol–water partition coefficient (Wildman–Crippen LogP) is 2.09. The molecule has 0 bridgehead atoms. The van der Waals surface area contributed by atoms with Crippen LogP contribution in [-0.4, -0.2) is 28.8 Å². The first-order valence-electron chi connectivity index (χ1n) is 7.50. The molecule has 3 rings (SSSR count). The summed E-state index contributed by atoms with van der Waals surface area (Å²) in [6.45, 7) is 3.92. The summed E-state index contributed by atoms with van der Waals surface area (Å²) >= 11 is 3.38. The smallest absolute Gasteiger partial charge is 0.386 e. The highest BCUT2D eigenvalue weighted by molar-refractivity contribution is 9.10. The maximum atomic E-state index is 12.8. The Balaban J connectivity index is 2.19. The number of anilines is 1. The van der Waals surface area contributed by atoms with Gasteiger partial charge in [-0.05, 0) is 35.8 Å². The number of methoxy groups -OCH3 is 2. The molecule has 0 aliphatic heterocycles. The maximum Gasteiger partial charge on any atom is 0.386 e. The Hall–Kier alpha value is -2.55. The summed E-state index contributed by atoms with van der Waals surface area (Å²) in [6, 6.07) is 1.87. The number of ether oxygens (including phenoxy) is 2. The quantitative estimate of drug-likeness (QED) is 0.403. The highest BCUT2D eigenvalue weighted by atomic mass is 79.9. The molecule has 3 aromatic heterocycles. The van der Waals surface area contributed by atoms with E-state index in [1.165, 1.54) is 7.11 Å². The fraction of sp³-hybridized carbons (Fsp3) is 0.312. The van der Waals surface area contributed by atoms with E-state index in [2.05, 4.69) is 25.9 Å². The zero-order chi connectivity index (χ0) is 18.3. The molecular formula is C16H18BrN5O3. The number of nitrogen functional groups attached to an aromatic ring is 1. The lowest BCUT2D eigenvalue weighted by atomic mass is 10.1. The summed E-state index contributed by atoms with van der Waals surface area (Å²) in [6.07, 6.45) is 1.84. The summed E-state index contributed by atoms with van der Waals surface area (Å²) < 4.78 is 14.0. The normalized spacial score (nSPS) is 11.1. The van der Waals surface area contributed by atoms with Crippen molar-refractivity contribution in [2.75, 3.05) is 20.0 Å². The van der Waals surface area contributed by atoms with Crippen LogP contribution in [0.15, 0.2) is 16.9 Å². The van der Waals surface area contributed by atoms with Gasteiger partial charge in [0.1, 0.15) is 28.1 Å². The van der Waals surface area contributed by atoms with E-state index in [9.17, 15) is 5.21 Å². The van der Waals surface area contributed by atoms with Crippen molar-refractivity contribution < 1.29 is 14.2 Å². The molecule has 0 saturated carbocycles. The number of nitrogens with zero attached hydrogens (tertiary/aromatic N) is 4. The first-order valence-corrected chi connectivity index (χ1v) is 8.29. The average molecular weight is 408 g/mol. The molecule has 0 aliphatic rings. The lowest BCUT2D eigenvalue weighted by molar-refractivity contribution is -0.621. The van der Waals surface area contributed by atoms with E-state index in [4.69, 9.17) is 15.2 Å². The zero-order valence-electron chi connectivity index (χ0n) is 14.3. The first-order chi connectivity index (χ1) is 11.9. The number of nitrogens with two attached hydrogens (primary N) is 1. The van der Waals surface area contributed by atoms with Gasteiger partial charge >= 0.3 is 5.88 Å². The Morgan fingerprint density at radius 1 is 1.24 bits per heavy atom. The molecule has 2 N–H and O–H groups in total. The van der Waals surface area contributed by atoms with Crippen LogP contribution in [0.4, 0.5) is 5.95 Å². The lowest BCUT2D eigenvalue weighted by Crippen LogP contribution is -2.37. The second-order valence-corrected chi connectivity index (χ2v) is 6.34. The molecule has 8 nitrogen and oxygen atoms in total. The third-order valence-corrected chi connectivity index (χ3v) is 4.78. The van der Waals surface area contributed by atoms with Crippen LogP contribution < -0.4 is 19.9 Å². The summed E-state index contributed by atoms with van der Waals surface area (Å²) in [4.78, 5) is 8.37. The zero-order valence-corrected chi connectivity index (χ0v) is 15.9. The molecule has 9 heteroatoms. The molecule has 0 aliphatic carbocycles. The van der Waals surface area contributed by atoms with E-state index >= 15 is 0 Å². The number of hydrogen-bond acceptors (Lipinski definition) is 6. The van der Waals surface area contributed by atoms with Crippen LogP contribution in [-0.2, 0) is 6.54 Å². The highest BCUT2D eigenvalue weighted by Gasteiger charge is 2.26. The Kier molecular flexibility index (Phi) is 4.42. The molecule has 0 radical (unpaired) electrons. The molecule has 3 heterocycles. The van der Waals surface area contributed by atoms with Gasteiger partial charge < -0.3 is 25.0 Å². The Morgan fingerprint density at radius 3 is 2.60 bits per heavy atom. The Bertz CT molecular complexity index is 939. The SMILES string of the molecule is COc1c(C)c(Cn2ccc3c(Br)nc(N)nc32)[n+]([O-])c(OC)c1C. The molecule has 0 unspecified atom stereocenters. The van der Waals surface area contributed by atoms with E-state index < -0.39 is 0 Å². The van der Waals surface area contributed by atoms with Gasteiger partial charge in [-0.1, -0.05) is 0 Å². The standard InChI is InChI=1S/C16H18BrN5O3/c1-8-11(22(23)15(25-4)9(2)12(8)24-3)7-21-6-5-10-13(17)19-16(18)20-14(10)21/h5-6H,7H2,1-4H3,(H2,18,19,20). The summed E-state index contributed by atoms with van der Waals surface area (Å²) in [7, 11) is 3.04. The molecule has 0 spiro atoms. The molecular weight excluding hydrogens is 390 g/mol. The van der Waals surface area contributed by atoms with Crippen LogP contribution in [0.5, 0.6) is 11.6 Å². The van der Waals surface area contributed by atoms with Gasteiger partial charge in [0, 0.05) is 6.20 Å². The van der Waals surface area contributed by atoms with E-state index in [1.807, 2.05) is 23.8 Å². The fourth-order valence-electron chi connectivity index (χ4n) is 2.99. The van der Waals surface area contributed by atoms with Crippen molar-refractivity contribution in [2.45, 2.75) is 20.4 Å². The van der Waals surface area contributed by atoms with Crippen LogP contribution >= 0.6 is 15.9 Å². The third kappa shape index (κ3) is 2.74. The van der Waals surface area contributed by atoms with Crippen molar-refractivity contribution in [3.05, 3.63) is 38.9 Å². The third-order valence-electron chi connectivity index (χ3n) is 4.17. The largest absolute Gasteiger partial charge is 0.616 e. The van der Waals surface area contributed by atoms with Crippen molar-refractivity contribution in [1.82, 2.24) is 14.5 Å². The maximum absolute atomic E-state index is 12.8. The van der Waals surface area contributed by atoms with E-state index in [0.29, 0.717) is 27.3 Å². The predicted molar refractivity (Wildman–Crippen MR) is 96.7 cm³/mol. The Labute approximate surface area is 152 Å². The van der Waals surface area contributed by atoms with Crippen LogP contribution in [0.25, 0.3) is 11.0 Å². The molecule has 25 heavy (non-hydrogen) atoms. The Morgan fingerprint density at radius 2 is 1.96 bits per heavy atom. The minimum absolute atomic E-state index is 0.158. The van der Waals surface area contributed by atoms with Crippen molar-refractivity contribution in [3.63, 3.8) is 0 Å². The molecule has 0 aromatic carbocycles. The van der Waals surface area contributed by atoms with Gasteiger partial charge in [-0.15, -0.1) is 4.73 Å². The van der Waals surface area contributed by atoms with Crippen LogP contribution in [0, 0.1) is 19.1 Å². The van der Waals surface area contributed by atoms with Crippen molar-refractivity contribution in [3.8, 4) is 11.6 Å². The van der Waals surface area contributed by atoms with Gasteiger partial charge in [0.25, 0.3) is 0 Å². The number of hydrogen-bond donors (Lipinski definition) is 1. The average Bonchev–Trinajstić information content (AvgIpc) is 2.95. The number of rotatable bonds is 4. The molecule has 0 atom stereocenters. The molecule has 132 valence electrons. The van der Waals surface area contributed by atoms with Gasteiger partial charge in [0.05, 0.1) is 25.2 Å². The summed E-state index contributed by atoms with van der Waals surface area (Å²) in [5.74, 6) is 1.00. The molecule has 0 saturated heterocycles. The van der Waals surface area contributed by atoms with E-state index in [-0.39, 0.29) is 18.4 Å². The number of halogens is 1. The number of aromatic nitrogens is 4. The fourth-order valence-corrected chi connectivity index (χ4v) is 3.49. The monoisotopic (exact) mass is 407 g/mol. The first kappa shape index (κ1) is 17.3. The van der Waals surface area contributed by atoms with Crippen LogP contribution in [0.3, 0.4) is 0 Å². The van der Waals surface area contributed by atoms with Crippen LogP contribution in [0.1, 0.15) is 16.8 Å². The molecule has 0 fully saturated rings. The van der Waals surface area contributed by atoms with Crippen LogP contribution in [0.2, 0.25) is 0 Å². The number of pyridine rings is 1. The van der Waals surface area contributed by atoms with Gasteiger partial charge in [0.2, 0.25) is 11.6 Å². The van der Waals surface area contributed by atoms with Gasteiger partial charge in [-0.2, -0.15) is 4.98 Å². The van der Waals surface area contributed by atoms with Crippen molar-refractivity contribution in [1.29, 1.82) is 0 Å². The lowest BCUT2D eigenvalue weighted by Gasteiger charge is -2.17. The van der Waals surface area contributed by atoms with E-state index in [1.54, 1.807) is 14.0 Å². The van der Waals surface area contributed by atoms with Crippen molar-refractivity contribution >= 4 is 32.9 Å². The minimum atomic E-state index is 0.158. The van der Waals surface area contributed by atoms with Crippen molar-refractivity contribution in [2.24, 2.45) is 0 Å². The number of fused-ring (bicyclic) bond motifs is 1. The topological polar surface area (TPSA) is 102 Å². The summed E-state index contributed by atoms with van der Waals surface area (Å²) in [5.41, 5.74) is 8.29. The molecule has 0 amide bonds. The highest BCUT2D eigenvalue weighted by Crippen LogP contribution is 2.31. The second kappa shape index (κ2) is 6.40. The summed E-state index contributed by atoms with van der Waals surface area (Å²) in [5, 5.41) is 13.6. The van der Waals surface area contributed by atoms with Gasteiger partial charge in [-0.3, -0.25) is 0 Å². The van der Waals surface area contributed by atoms with Gasteiger partial charge in [0.15, 0.2) is 0 Å².